The van der Waals surface area contributed by atoms with E-state index in [0.717, 1.165) is 13.1 Å². The summed E-state index contributed by atoms with van der Waals surface area (Å²) in [6, 6.07) is 4.62. The number of ether oxygens (including phenoxy) is 1. The van der Waals surface area contributed by atoms with Gasteiger partial charge in [-0.3, -0.25) is 4.90 Å². The van der Waals surface area contributed by atoms with Crippen LogP contribution in [0.2, 0.25) is 0 Å². The van der Waals surface area contributed by atoms with E-state index in [1.165, 1.54) is 6.07 Å². The number of hydrogen-bond acceptors (Lipinski definition) is 5. The molecular formula is C17H27BFNO4. The van der Waals surface area contributed by atoms with Crippen molar-refractivity contribution in [1.82, 2.24) is 4.90 Å². The first-order valence-corrected chi connectivity index (χ1v) is 8.27. The summed E-state index contributed by atoms with van der Waals surface area (Å²) in [5.41, 5.74) is -1.23. The molecule has 0 bridgehead atoms. The van der Waals surface area contributed by atoms with Gasteiger partial charge in [0.1, 0.15) is 5.82 Å². The lowest BCUT2D eigenvalue weighted by Crippen LogP contribution is -2.53. The van der Waals surface area contributed by atoms with Gasteiger partial charge >= 0.3 is 7.12 Å². The third-order valence-electron chi connectivity index (χ3n) is 4.74. The fraction of sp³-hybridized carbons (Fsp3) is 0.647. The Morgan fingerprint density at radius 2 is 1.88 bits per heavy atom. The Kier molecular flexibility index (Phi) is 6.04. The lowest BCUT2D eigenvalue weighted by Gasteiger charge is -2.38. The van der Waals surface area contributed by atoms with Crippen molar-refractivity contribution in [3.05, 3.63) is 29.6 Å². The first kappa shape index (κ1) is 19.3. The summed E-state index contributed by atoms with van der Waals surface area (Å²) < 4.78 is 25.2. The molecule has 0 saturated carbocycles. The van der Waals surface area contributed by atoms with E-state index < -0.39 is 18.3 Å². The molecule has 1 aliphatic rings. The van der Waals surface area contributed by atoms with Crippen LogP contribution in [0.3, 0.4) is 0 Å². The van der Waals surface area contributed by atoms with Crippen molar-refractivity contribution in [2.45, 2.75) is 45.4 Å². The topological polar surface area (TPSA) is 62.2 Å². The molecule has 1 aromatic rings. The Morgan fingerprint density at radius 3 is 2.42 bits per heavy atom. The molecule has 7 heteroatoms. The summed E-state index contributed by atoms with van der Waals surface area (Å²) in [4.78, 5) is 2.13. The molecule has 0 atom stereocenters. The van der Waals surface area contributed by atoms with Crippen LogP contribution in [0.5, 0.6) is 0 Å². The third-order valence-corrected chi connectivity index (χ3v) is 4.74. The van der Waals surface area contributed by atoms with E-state index in [1.54, 1.807) is 39.8 Å². The van der Waals surface area contributed by atoms with E-state index in [4.69, 9.17) is 9.39 Å². The van der Waals surface area contributed by atoms with Crippen LogP contribution in [0.15, 0.2) is 18.2 Å². The van der Waals surface area contributed by atoms with Crippen molar-refractivity contribution in [1.29, 1.82) is 0 Å². The van der Waals surface area contributed by atoms with Gasteiger partial charge in [0, 0.05) is 25.2 Å². The van der Waals surface area contributed by atoms with Crippen LogP contribution in [0, 0.1) is 5.82 Å². The number of rotatable bonds is 6. The van der Waals surface area contributed by atoms with Crippen molar-refractivity contribution in [2.75, 3.05) is 26.3 Å². The number of morpholine rings is 1. The molecule has 2 N–H and O–H groups in total. The Bertz CT molecular complexity index is 556. The van der Waals surface area contributed by atoms with E-state index in [1.807, 2.05) is 0 Å². The molecule has 1 aliphatic heterocycles. The number of aliphatic hydroxyl groups is 1. The minimum Gasteiger partial charge on any atom is -0.423 e. The van der Waals surface area contributed by atoms with Gasteiger partial charge in [0.05, 0.1) is 24.4 Å². The zero-order chi connectivity index (χ0) is 18.0. The molecule has 134 valence electrons. The van der Waals surface area contributed by atoms with Crippen LogP contribution in [0.4, 0.5) is 4.39 Å². The van der Waals surface area contributed by atoms with E-state index in [-0.39, 0.29) is 5.82 Å². The highest BCUT2D eigenvalue weighted by molar-refractivity contribution is 6.60. The monoisotopic (exact) mass is 339 g/mol. The van der Waals surface area contributed by atoms with Gasteiger partial charge in [-0.1, -0.05) is 12.1 Å². The zero-order valence-electron chi connectivity index (χ0n) is 14.9. The summed E-state index contributed by atoms with van der Waals surface area (Å²) in [5.74, 6) is -0.372. The Labute approximate surface area is 143 Å². The molecule has 5 nitrogen and oxygen atoms in total. The Hall–Kier alpha value is -0.985. The molecular weight excluding hydrogens is 312 g/mol. The SMILES string of the molecule is CC(C)(O)C(C)(C)OB(O)c1ccc(CN2CCOCC2)c(F)c1. The van der Waals surface area contributed by atoms with E-state index in [2.05, 4.69) is 4.90 Å². The maximum atomic E-state index is 14.4. The van der Waals surface area contributed by atoms with Crippen LogP contribution in [0.25, 0.3) is 0 Å². The van der Waals surface area contributed by atoms with Crippen molar-refractivity contribution < 1.29 is 23.9 Å². The summed E-state index contributed by atoms with van der Waals surface area (Å²) in [5, 5.41) is 20.3. The van der Waals surface area contributed by atoms with Crippen LogP contribution in [0.1, 0.15) is 33.3 Å². The molecule has 2 rings (SSSR count). The van der Waals surface area contributed by atoms with E-state index in [0.29, 0.717) is 30.8 Å². The van der Waals surface area contributed by atoms with Gasteiger partial charge in [-0.15, -0.1) is 0 Å². The fourth-order valence-corrected chi connectivity index (χ4v) is 2.34. The highest BCUT2D eigenvalue weighted by Gasteiger charge is 2.39. The molecule has 0 amide bonds. The second kappa shape index (κ2) is 7.50. The van der Waals surface area contributed by atoms with Gasteiger partial charge in [-0.05, 0) is 39.2 Å². The number of halogens is 1. The molecule has 1 saturated heterocycles. The largest absolute Gasteiger partial charge is 0.491 e. The van der Waals surface area contributed by atoms with Crippen molar-refractivity contribution in [3.8, 4) is 0 Å². The number of nitrogens with zero attached hydrogens (tertiary/aromatic N) is 1. The fourth-order valence-electron chi connectivity index (χ4n) is 2.34. The molecule has 0 aromatic heterocycles. The molecule has 1 aromatic carbocycles. The predicted octanol–water partition coefficient (Wildman–Crippen LogP) is 0.911. The van der Waals surface area contributed by atoms with Gasteiger partial charge in [0.25, 0.3) is 0 Å². The Morgan fingerprint density at radius 1 is 1.25 bits per heavy atom. The molecule has 0 unspecified atom stereocenters. The summed E-state index contributed by atoms with van der Waals surface area (Å²) in [6.45, 7) is 9.98. The molecule has 1 heterocycles. The first-order valence-electron chi connectivity index (χ1n) is 8.27. The third kappa shape index (κ3) is 4.77. The van der Waals surface area contributed by atoms with Gasteiger partial charge in [-0.2, -0.15) is 0 Å². The summed E-state index contributed by atoms with van der Waals surface area (Å²) >= 11 is 0. The molecule has 0 spiro atoms. The highest BCUT2D eigenvalue weighted by atomic mass is 19.1. The lowest BCUT2D eigenvalue weighted by molar-refractivity contribution is -0.0982. The maximum absolute atomic E-state index is 14.4. The van der Waals surface area contributed by atoms with Gasteiger partial charge in [0.15, 0.2) is 0 Å². The Balaban J connectivity index is 2.05. The van der Waals surface area contributed by atoms with Crippen LogP contribution < -0.4 is 5.46 Å². The van der Waals surface area contributed by atoms with Gasteiger partial charge in [0.2, 0.25) is 0 Å². The second-order valence-electron chi connectivity index (χ2n) is 7.28. The average Bonchev–Trinajstić information content (AvgIpc) is 2.48. The van der Waals surface area contributed by atoms with Gasteiger partial charge < -0.3 is 19.5 Å². The number of hydrogen-bond donors (Lipinski definition) is 2. The zero-order valence-corrected chi connectivity index (χ0v) is 14.9. The summed E-state index contributed by atoms with van der Waals surface area (Å²) in [7, 11) is -1.31. The molecule has 1 fully saturated rings. The standard InChI is InChI=1S/C17H27BFNO4/c1-16(2,21)17(3,4)24-18(22)14-6-5-13(15(19)11-14)12-20-7-9-23-10-8-20/h5-6,11,21-22H,7-10,12H2,1-4H3. The lowest BCUT2D eigenvalue weighted by atomic mass is 9.76. The highest BCUT2D eigenvalue weighted by Crippen LogP contribution is 2.25. The minimum atomic E-state index is -1.31. The van der Waals surface area contributed by atoms with Crippen molar-refractivity contribution in [3.63, 3.8) is 0 Å². The van der Waals surface area contributed by atoms with E-state index in [9.17, 15) is 14.5 Å². The maximum Gasteiger partial charge on any atom is 0.491 e. The first-order chi connectivity index (χ1) is 11.1. The molecule has 0 aliphatic carbocycles. The van der Waals surface area contributed by atoms with Crippen molar-refractivity contribution >= 4 is 12.6 Å². The quantitative estimate of drug-likeness (QED) is 0.755. The van der Waals surface area contributed by atoms with E-state index >= 15 is 0 Å². The molecule has 0 radical (unpaired) electrons. The van der Waals surface area contributed by atoms with Crippen molar-refractivity contribution in [2.24, 2.45) is 0 Å². The predicted molar refractivity (Wildman–Crippen MR) is 91.6 cm³/mol. The smallest absolute Gasteiger partial charge is 0.423 e. The van der Waals surface area contributed by atoms with Crippen LogP contribution in [-0.4, -0.2) is 59.7 Å². The van der Waals surface area contributed by atoms with Gasteiger partial charge in [-0.25, -0.2) is 4.39 Å². The second-order valence-corrected chi connectivity index (χ2v) is 7.28. The normalized spacial score (nSPS) is 17.1. The summed E-state index contributed by atoms with van der Waals surface area (Å²) in [6.07, 6.45) is 0. The average molecular weight is 339 g/mol. The number of benzene rings is 1. The molecule has 24 heavy (non-hydrogen) atoms. The minimum absolute atomic E-state index is 0.329. The van der Waals surface area contributed by atoms with Crippen LogP contribution >= 0.6 is 0 Å². The van der Waals surface area contributed by atoms with Crippen LogP contribution in [-0.2, 0) is 15.9 Å².